The second kappa shape index (κ2) is 7.56. The van der Waals surface area contributed by atoms with Crippen molar-refractivity contribution in [2.45, 2.75) is 39.8 Å². The Morgan fingerprint density at radius 2 is 1.93 bits per heavy atom. The molecule has 0 saturated heterocycles. The Morgan fingerprint density at radius 3 is 2.29 bits per heavy atom. The van der Waals surface area contributed by atoms with Gasteiger partial charge in [0.25, 0.3) is 0 Å². The molecule has 0 aliphatic carbocycles. The molecule has 0 bridgehead atoms. The third-order valence-electron chi connectivity index (χ3n) is 2.11. The van der Waals surface area contributed by atoms with Crippen LogP contribution in [0.1, 0.15) is 33.6 Å². The van der Waals surface area contributed by atoms with Crippen LogP contribution in [0.4, 0.5) is 0 Å². The minimum absolute atomic E-state index is 0.0976. The molecular formula is C11H22N2O. The van der Waals surface area contributed by atoms with Crippen molar-refractivity contribution in [3.05, 3.63) is 12.7 Å². The molecule has 0 spiro atoms. The van der Waals surface area contributed by atoms with Crippen LogP contribution >= 0.6 is 0 Å². The lowest BCUT2D eigenvalue weighted by atomic mass is 10.3. The number of amides is 1. The van der Waals surface area contributed by atoms with Crippen molar-refractivity contribution in [2.24, 2.45) is 0 Å². The fourth-order valence-corrected chi connectivity index (χ4v) is 1.43. The number of carbonyl (C=O) groups is 1. The van der Waals surface area contributed by atoms with E-state index in [-0.39, 0.29) is 12.1 Å². The van der Waals surface area contributed by atoms with E-state index in [1.165, 1.54) is 6.08 Å². The predicted molar refractivity (Wildman–Crippen MR) is 60.0 cm³/mol. The molecule has 0 aromatic heterocycles. The maximum absolute atomic E-state index is 11.1. The second-order valence-electron chi connectivity index (χ2n) is 3.42. The summed E-state index contributed by atoms with van der Waals surface area (Å²) in [5, 5.41) is 2.87. The average molecular weight is 198 g/mol. The summed E-state index contributed by atoms with van der Waals surface area (Å²) >= 11 is 0. The molecule has 82 valence electrons. The monoisotopic (exact) mass is 198 g/mol. The van der Waals surface area contributed by atoms with Crippen LogP contribution in [0.3, 0.4) is 0 Å². The maximum Gasteiger partial charge on any atom is 0.244 e. The highest BCUT2D eigenvalue weighted by Crippen LogP contribution is 1.99. The van der Waals surface area contributed by atoms with Gasteiger partial charge in [-0.1, -0.05) is 20.4 Å². The summed E-state index contributed by atoms with van der Waals surface area (Å²) in [6, 6.07) is 0. The molecule has 3 heteroatoms. The van der Waals surface area contributed by atoms with E-state index in [9.17, 15) is 4.79 Å². The Hall–Kier alpha value is -0.830. The van der Waals surface area contributed by atoms with Gasteiger partial charge in [0.05, 0.1) is 6.17 Å². The third-order valence-corrected chi connectivity index (χ3v) is 2.11. The summed E-state index contributed by atoms with van der Waals surface area (Å²) in [5.74, 6) is -0.102. The van der Waals surface area contributed by atoms with Crippen molar-refractivity contribution in [1.82, 2.24) is 10.2 Å². The van der Waals surface area contributed by atoms with Crippen molar-refractivity contribution < 1.29 is 4.79 Å². The fraction of sp³-hybridized carbons (Fsp3) is 0.727. The molecule has 0 aromatic carbocycles. The molecule has 0 aliphatic heterocycles. The van der Waals surface area contributed by atoms with Crippen LogP contribution in [0.2, 0.25) is 0 Å². The molecule has 0 aliphatic rings. The van der Waals surface area contributed by atoms with Crippen LogP contribution in [-0.2, 0) is 4.79 Å². The second-order valence-corrected chi connectivity index (χ2v) is 3.42. The molecule has 0 heterocycles. The van der Waals surface area contributed by atoms with Gasteiger partial charge in [0, 0.05) is 0 Å². The Kier molecular flexibility index (Phi) is 7.11. The zero-order valence-electron chi connectivity index (χ0n) is 9.55. The van der Waals surface area contributed by atoms with Gasteiger partial charge in [-0.15, -0.1) is 0 Å². The van der Waals surface area contributed by atoms with E-state index in [4.69, 9.17) is 0 Å². The lowest BCUT2D eigenvalue weighted by Gasteiger charge is -2.28. The molecule has 0 radical (unpaired) electrons. The average Bonchev–Trinajstić information content (AvgIpc) is 2.17. The SMILES string of the molecule is C=CC(=O)NC(C)N(CCC)CCC. The van der Waals surface area contributed by atoms with Gasteiger partial charge in [-0.25, -0.2) is 0 Å². The maximum atomic E-state index is 11.1. The van der Waals surface area contributed by atoms with Gasteiger partial charge < -0.3 is 5.32 Å². The summed E-state index contributed by atoms with van der Waals surface area (Å²) < 4.78 is 0. The zero-order chi connectivity index (χ0) is 11.0. The number of hydrogen-bond donors (Lipinski definition) is 1. The van der Waals surface area contributed by atoms with E-state index in [0.29, 0.717) is 0 Å². The normalized spacial score (nSPS) is 12.6. The molecule has 1 unspecified atom stereocenters. The van der Waals surface area contributed by atoms with Gasteiger partial charge in [-0.05, 0) is 38.9 Å². The number of nitrogens with one attached hydrogen (secondary N) is 1. The van der Waals surface area contributed by atoms with Crippen LogP contribution < -0.4 is 5.32 Å². The fourth-order valence-electron chi connectivity index (χ4n) is 1.43. The lowest BCUT2D eigenvalue weighted by molar-refractivity contribution is -0.118. The summed E-state index contributed by atoms with van der Waals surface area (Å²) in [4.78, 5) is 13.3. The third kappa shape index (κ3) is 5.02. The van der Waals surface area contributed by atoms with Crippen molar-refractivity contribution in [3.63, 3.8) is 0 Å². The highest BCUT2D eigenvalue weighted by Gasteiger charge is 2.12. The van der Waals surface area contributed by atoms with E-state index in [1.54, 1.807) is 0 Å². The van der Waals surface area contributed by atoms with Gasteiger partial charge in [0.15, 0.2) is 0 Å². The summed E-state index contributed by atoms with van der Waals surface area (Å²) in [6.07, 6.45) is 3.62. The zero-order valence-corrected chi connectivity index (χ0v) is 9.55. The molecule has 14 heavy (non-hydrogen) atoms. The van der Waals surface area contributed by atoms with Crippen LogP contribution in [-0.4, -0.2) is 30.1 Å². The lowest BCUT2D eigenvalue weighted by Crippen LogP contribution is -2.46. The van der Waals surface area contributed by atoms with E-state index >= 15 is 0 Å². The first-order valence-electron chi connectivity index (χ1n) is 5.32. The highest BCUT2D eigenvalue weighted by atomic mass is 16.1. The summed E-state index contributed by atoms with van der Waals surface area (Å²) in [5.41, 5.74) is 0. The topological polar surface area (TPSA) is 32.3 Å². The Balaban J connectivity index is 4.05. The Morgan fingerprint density at radius 1 is 1.43 bits per heavy atom. The largest absolute Gasteiger partial charge is 0.337 e. The van der Waals surface area contributed by atoms with E-state index < -0.39 is 0 Å². The first-order valence-corrected chi connectivity index (χ1v) is 5.32. The van der Waals surface area contributed by atoms with Crippen LogP contribution in [0.15, 0.2) is 12.7 Å². The molecular weight excluding hydrogens is 176 g/mol. The van der Waals surface area contributed by atoms with Gasteiger partial charge in [-0.2, -0.15) is 0 Å². The molecule has 1 N–H and O–H groups in total. The molecule has 0 fully saturated rings. The van der Waals surface area contributed by atoms with Crippen molar-refractivity contribution in [1.29, 1.82) is 0 Å². The van der Waals surface area contributed by atoms with E-state index in [2.05, 4.69) is 30.6 Å². The first-order chi connectivity index (χ1) is 6.65. The predicted octanol–water partition coefficient (Wildman–Crippen LogP) is 1.76. The van der Waals surface area contributed by atoms with Crippen LogP contribution in [0.25, 0.3) is 0 Å². The van der Waals surface area contributed by atoms with Gasteiger partial charge in [0.1, 0.15) is 0 Å². The molecule has 0 rings (SSSR count). The first kappa shape index (κ1) is 13.2. The standard InChI is InChI=1S/C11H22N2O/c1-5-8-13(9-6-2)10(4)12-11(14)7-3/h7,10H,3,5-6,8-9H2,1-2,4H3,(H,12,14). The number of rotatable bonds is 7. The molecule has 0 aromatic rings. The Bertz CT molecular complexity index is 174. The highest BCUT2D eigenvalue weighted by molar-refractivity contribution is 5.86. The number of nitrogens with zero attached hydrogens (tertiary/aromatic N) is 1. The van der Waals surface area contributed by atoms with Gasteiger partial charge in [-0.3, -0.25) is 9.69 Å². The van der Waals surface area contributed by atoms with Gasteiger partial charge in [0.2, 0.25) is 5.91 Å². The van der Waals surface area contributed by atoms with E-state index in [0.717, 1.165) is 25.9 Å². The molecule has 0 saturated carbocycles. The smallest absolute Gasteiger partial charge is 0.244 e. The minimum Gasteiger partial charge on any atom is -0.337 e. The van der Waals surface area contributed by atoms with Crippen molar-refractivity contribution in [3.8, 4) is 0 Å². The minimum atomic E-state index is -0.102. The van der Waals surface area contributed by atoms with Crippen LogP contribution in [0, 0.1) is 0 Å². The summed E-state index contributed by atoms with van der Waals surface area (Å²) in [6.45, 7) is 11.8. The van der Waals surface area contributed by atoms with Crippen molar-refractivity contribution in [2.75, 3.05) is 13.1 Å². The quantitative estimate of drug-likeness (QED) is 0.499. The molecule has 1 atom stereocenters. The number of carbonyl (C=O) groups excluding carboxylic acids is 1. The Labute approximate surface area is 87.2 Å². The summed E-state index contributed by atoms with van der Waals surface area (Å²) in [7, 11) is 0. The molecule has 1 amide bonds. The van der Waals surface area contributed by atoms with Crippen LogP contribution in [0.5, 0.6) is 0 Å². The van der Waals surface area contributed by atoms with Crippen molar-refractivity contribution >= 4 is 5.91 Å². The van der Waals surface area contributed by atoms with E-state index in [1.807, 2.05) is 6.92 Å². The molecule has 3 nitrogen and oxygen atoms in total. The van der Waals surface area contributed by atoms with Gasteiger partial charge >= 0.3 is 0 Å². The number of hydrogen-bond acceptors (Lipinski definition) is 2.